The summed E-state index contributed by atoms with van der Waals surface area (Å²) in [6.07, 6.45) is 1.39. The molecule has 0 saturated carbocycles. The molecule has 1 amide bonds. The summed E-state index contributed by atoms with van der Waals surface area (Å²) in [5, 5.41) is 6.16. The monoisotopic (exact) mass is 284 g/mol. The second-order valence-corrected chi connectivity index (χ2v) is 4.70. The molecule has 2 N–H and O–H groups in total. The number of anilines is 3. The van der Waals surface area contributed by atoms with Gasteiger partial charge in [-0.05, 0) is 42.8 Å². The second-order valence-electron chi connectivity index (χ2n) is 4.70. The van der Waals surface area contributed by atoms with Gasteiger partial charge in [0.1, 0.15) is 5.75 Å². The highest BCUT2D eigenvalue weighted by Gasteiger charge is 2.03. The van der Waals surface area contributed by atoms with Gasteiger partial charge in [0.2, 0.25) is 5.91 Å². The minimum atomic E-state index is 0.0444. The Balaban J connectivity index is 2.04. The van der Waals surface area contributed by atoms with Crippen LogP contribution in [0.5, 0.6) is 5.75 Å². The molecular weight excluding hydrogens is 264 g/mol. The van der Waals surface area contributed by atoms with E-state index in [4.69, 9.17) is 4.74 Å². The molecular formula is C17H20N2O2. The third kappa shape index (κ3) is 4.24. The van der Waals surface area contributed by atoms with Crippen molar-refractivity contribution in [3.05, 3.63) is 48.5 Å². The number of ether oxygens (including phenoxy) is 1. The molecule has 0 spiro atoms. The van der Waals surface area contributed by atoms with Crippen LogP contribution in [0.1, 0.15) is 19.8 Å². The summed E-state index contributed by atoms with van der Waals surface area (Å²) < 4.78 is 5.30. The predicted molar refractivity (Wildman–Crippen MR) is 86.3 cm³/mol. The average Bonchev–Trinajstić information content (AvgIpc) is 2.50. The van der Waals surface area contributed by atoms with E-state index in [1.807, 2.05) is 55.5 Å². The van der Waals surface area contributed by atoms with Gasteiger partial charge in [0.25, 0.3) is 0 Å². The van der Waals surface area contributed by atoms with Gasteiger partial charge in [-0.3, -0.25) is 4.79 Å². The average molecular weight is 284 g/mol. The van der Waals surface area contributed by atoms with Crippen molar-refractivity contribution in [1.29, 1.82) is 0 Å². The zero-order chi connectivity index (χ0) is 15.1. The van der Waals surface area contributed by atoms with Gasteiger partial charge in [-0.25, -0.2) is 0 Å². The lowest BCUT2D eigenvalue weighted by Crippen LogP contribution is -2.10. The summed E-state index contributed by atoms with van der Waals surface area (Å²) in [5.74, 6) is 0.834. The number of hydrogen-bond acceptors (Lipinski definition) is 3. The lowest BCUT2D eigenvalue weighted by atomic mass is 10.2. The first-order chi connectivity index (χ1) is 10.2. The topological polar surface area (TPSA) is 50.4 Å². The Bertz CT molecular complexity index is 594. The van der Waals surface area contributed by atoms with E-state index in [0.29, 0.717) is 6.42 Å². The van der Waals surface area contributed by atoms with Crippen LogP contribution in [-0.2, 0) is 4.79 Å². The van der Waals surface area contributed by atoms with E-state index in [9.17, 15) is 4.79 Å². The Kier molecular flexibility index (Phi) is 5.21. The Hall–Kier alpha value is -2.49. The molecule has 2 rings (SSSR count). The van der Waals surface area contributed by atoms with Crippen LogP contribution in [0, 0.1) is 0 Å². The molecule has 21 heavy (non-hydrogen) atoms. The summed E-state index contributed by atoms with van der Waals surface area (Å²) in [7, 11) is 1.65. The van der Waals surface area contributed by atoms with Crippen LogP contribution in [0.2, 0.25) is 0 Å². The summed E-state index contributed by atoms with van der Waals surface area (Å²) >= 11 is 0. The molecule has 2 aromatic rings. The van der Waals surface area contributed by atoms with Crippen LogP contribution < -0.4 is 15.4 Å². The van der Waals surface area contributed by atoms with Gasteiger partial charge in [-0.15, -0.1) is 0 Å². The fourth-order valence-corrected chi connectivity index (χ4v) is 1.99. The number of amides is 1. The highest BCUT2D eigenvalue weighted by molar-refractivity contribution is 5.90. The molecule has 0 unspecified atom stereocenters. The van der Waals surface area contributed by atoms with Gasteiger partial charge in [0, 0.05) is 17.8 Å². The van der Waals surface area contributed by atoms with Crippen molar-refractivity contribution in [2.45, 2.75) is 19.8 Å². The maximum Gasteiger partial charge on any atom is 0.224 e. The molecule has 2 aromatic carbocycles. The van der Waals surface area contributed by atoms with Gasteiger partial charge in [0.05, 0.1) is 12.8 Å². The second kappa shape index (κ2) is 7.33. The number of rotatable bonds is 6. The number of carbonyl (C=O) groups excluding carboxylic acids is 1. The molecule has 0 fully saturated rings. The SMILES string of the molecule is CCCC(=O)Nc1ccc(Nc2ccccc2OC)cc1. The smallest absolute Gasteiger partial charge is 0.224 e. The quantitative estimate of drug-likeness (QED) is 0.836. The number of methoxy groups -OCH3 is 1. The number of para-hydroxylation sites is 2. The van der Waals surface area contributed by atoms with E-state index in [1.165, 1.54) is 0 Å². The Labute approximate surface area is 125 Å². The van der Waals surface area contributed by atoms with E-state index in [0.717, 1.165) is 29.2 Å². The van der Waals surface area contributed by atoms with Crippen molar-refractivity contribution >= 4 is 23.0 Å². The van der Waals surface area contributed by atoms with Gasteiger partial charge in [0.15, 0.2) is 0 Å². The summed E-state index contributed by atoms with van der Waals surface area (Å²) in [4.78, 5) is 11.5. The molecule has 4 nitrogen and oxygen atoms in total. The van der Waals surface area contributed by atoms with Crippen molar-refractivity contribution < 1.29 is 9.53 Å². The summed E-state index contributed by atoms with van der Waals surface area (Å²) in [6.45, 7) is 1.99. The zero-order valence-corrected chi connectivity index (χ0v) is 12.3. The van der Waals surface area contributed by atoms with Gasteiger partial charge in [-0.2, -0.15) is 0 Å². The van der Waals surface area contributed by atoms with Crippen LogP contribution in [-0.4, -0.2) is 13.0 Å². The standard InChI is InChI=1S/C17H20N2O2/c1-3-6-17(20)19-14-11-9-13(10-12-14)18-15-7-4-5-8-16(15)21-2/h4-5,7-12,18H,3,6H2,1-2H3,(H,19,20). The maximum atomic E-state index is 11.5. The lowest BCUT2D eigenvalue weighted by molar-refractivity contribution is -0.116. The van der Waals surface area contributed by atoms with Gasteiger partial charge >= 0.3 is 0 Å². The van der Waals surface area contributed by atoms with Gasteiger partial charge < -0.3 is 15.4 Å². The molecule has 0 atom stereocenters. The van der Waals surface area contributed by atoms with Crippen LogP contribution in [0.4, 0.5) is 17.1 Å². The molecule has 0 bridgehead atoms. The molecule has 0 saturated heterocycles. The normalized spacial score (nSPS) is 10.0. The number of carbonyl (C=O) groups is 1. The first-order valence-electron chi connectivity index (χ1n) is 7.03. The third-order valence-electron chi connectivity index (χ3n) is 3.03. The van der Waals surface area contributed by atoms with Crippen LogP contribution in [0.25, 0.3) is 0 Å². The minimum absolute atomic E-state index is 0.0444. The van der Waals surface area contributed by atoms with Crippen molar-refractivity contribution in [2.24, 2.45) is 0 Å². The van der Waals surface area contributed by atoms with Crippen molar-refractivity contribution in [3.63, 3.8) is 0 Å². The largest absolute Gasteiger partial charge is 0.495 e. The zero-order valence-electron chi connectivity index (χ0n) is 12.3. The van der Waals surface area contributed by atoms with E-state index in [-0.39, 0.29) is 5.91 Å². The number of benzene rings is 2. The molecule has 4 heteroatoms. The molecule has 0 aromatic heterocycles. The Morgan fingerprint density at radius 2 is 1.71 bits per heavy atom. The first kappa shape index (κ1) is 14.9. The predicted octanol–water partition coefficient (Wildman–Crippen LogP) is 4.18. The van der Waals surface area contributed by atoms with Crippen molar-refractivity contribution in [3.8, 4) is 5.75 Å². The highest BCUT2D eigenvalue weighted by atomic mass is 16.5. The highest BCUT2D eigenvalue weighted by Crippen LogP contribution is 2.27. The maximum absolute atomic E-state index is 11.5. The molecule has 0 aliphatic carbocycles. The fraction of sp³-hybridized carbons (Fsp3) is 0.235. The molecule has 0 heterocycles. The summed E-state index contributed by atoms with van der Waals surface area (Å²) in [6, 6.07) is 15.3. The van der Waals surface area contributed by atoms with E-state index in [2.05, 4.69) is 10.6 Å². The number of hydrogen-bond donors (Lipinski definition) is 2. The fourth-order valence-electron chi connectivity index (χ4n) is 1.99. The molecule has 0 aliphatic heterocycles. The van der Waals surface area contributed by atoms with Crippen LogP contribution >= 0.6 is 0 Å². The Morgan fingerprint density at radius 1 is 1.05 bits per heavy atom. The molecule has 110 valence electrons. The molecule has 0 aliphatic rings. The minimum Gasteiger partial charge on any atom is -0.495 e. The van der Waals surface area contributed by atoms with Crippen LogP contribution in [0.15, 0.2) is 48.5 Å². The lowest BCUT2D eigenvalue weighted by Gasteiger charge is -2.11. The number of nitrogens with one attached hydrogen (secondary N) is 2. The first-order valence-corrected chi connectivity index (χ1v) is 7.03. The van der Waals surface area contributed by atoms with E-state index in [1.54, 1.807) is 7.11 Å². The van der Waals surface area contributed by atoms with Crippen molar-refractivity contribution in [2.75, 3.05) is 17.7 Å². The van der Waals surface area contributed by atoms with Crippen LogP contribution in [0.3, 0.4) is 0 Å². The molecule has 0 radical (unpaired) electrons. The summed E-state index contributed by atoms with van der Waals surface area (Å²) in [5.41, 5.74) is 2.65. The third-order valence-corrected chi connectivity index (χ3v) is 3.03. The Morgan fingerprint density at radius 3 is 2.38 bits per heavy atom. The van der Waals surface area contributed by atoms with Crippen molar-refractivity contribution in [1.82, 2.24) is 0 Å². The van der Waals surface area contributed by atoms with Gasteiger partial charge in [-0.1, -0.05) is 19.1 Å². The van der Waals surface area contributed by atoms with E-state index >= 15 is 0 Å². The van der Waals surface area contributed by atoms with E-state index < -0.39 is 0 Å².